The van der Waals surface area contributed by atoms with Gasteiger partial charge in [-0.15, -0.1) is 0 Å². The SMILES string of the molecule is Cc1nc(-c2ccc(NC(C)C)cc2)co1. The largest absolute Gasteiger partial charge is 0.449 e. The lowest BCUT2D eigenvalue weighted by Gasteiger charge is -2.09. The zero-order valence-corrected chi connectivity index (χ0v) is 9.82. The van der Waals surface area contributed by atoms with Crippen LogP contribution in [-0.4, -0.2) is 11.0 Å². The molecule has 0 amide bonds. The van der Waals surface area contributed by atoms with Gasteiger partial charge in [-0.1, -0.05) is 12.1 Å². The highest BCUT2D eigenvalue weighted by Gasteiger charge is 2.03. The Balaban J connectivity index is 2.19. The third kappa shape index (κ3) is 2.42. The molecule has 0 bridgehead atoms. The first-order chi connectivity index (χ1) is 7.65. The molecule has 3 heteroatoms. The molecule has 0 aliphatic heterocycles. The van der Waals surface area contributed by atoms with Gasteiger partial charge in [-0.25, -0.2) is 4.98 Å². The number of nitrogens with one attached hydrogen (secondary N) is 1. The van der Waals surface area contributed by atoms with E-state index in [4.69, 9.17) is 4.42 Å². The van der Waals surface area contributed by atoms with E-state index in [2.05, 4.69) is 36.3 Å². The van der Waals surface area contributed by atoms with Gasteiger partial charge >= 0.3 is 0 Å². The first kappa shape index (κ1) is 10.7. The number of aryl methyl sites for hydroxylation is 1. The zero-order chi connectivity index (χ0) is 11.5. The minimum atomic E-state index is 0.445. The fourth-order valence-electron chi connectivity index (χ4n) is 1.57. The van der Waals surface area contributed by atoms with Crippen LogP contribution in [-0.2, 0) is 0 Å². The van der Waals surface area contributed by atoms with Crippen LogP contribution in [0.1, 0.15) is 19.7 Å². The summed E-state index contributed by atoms with van der Waals surface area (Å²) in [6, 6.07) is 8.64. The molecule has 84 valence electrons. The summed E-state index contributed by atoms with van der Waals surface area (Å²) in [4.78, 5) is 4.28. The van der Waals surface area contributed by atoms with E-state index < -0.39 is 0 Å². The van der Waals surface area contributed by atoms with Crippen molar-refractivity contribution in [1.29, 1.82) is 0 Å². The van der Waals surface area contributed by atoms with E-state index in [0.717, 1.165) is 16.9 Å². The summed E-state index contributed by atoms with van der Waals surface area (Å²) < 4.78 is 5.19. The van der Waals surface area contributed by atoms with Gasteiger partial charge in [0.1, 0.15) is 12.0 Å². The summed E-state index contributed by atoms with van der Waals surface area (Å²) >= 11 is 0. The van der Waals surface area contributed by atoms with Gasteiger partial charge in [0.15, 0.2) is 5.89 Å². The van der Waals surface area contributed by atoms with Crippen LogP contribution in [0.5, 0.6) is 0 Å². The van der Waals surface area contributed by atoms with Gasteiger partial charge in [0.2, 0.25) is 0 Å². The van der Waals surface area contributed by atoms with Crippen LogP contribution in [0.15, 0.2) is 34.9 Å². The third-order valence-electron chi connectivity index (χ3n) is 2.26. The fourth-order valence-corrected chi connectivity index (χ4v) is 1.57. The highest BCUT2D eigenvalue weighted by molar-refractivity contribution is 5.61. The summed E-state index contributed by atoms with van der Waals surface area (Å²) in [5.41, 5.74) is 3.08. The molecule has 1 N–H and O–H groups in total. The maximum Gasteiger partial charge on any atom is 0.191 e. The van der Waals surface area contributed by atoms with Crippen molar-refractivity contribution < 1.29 is 4.42 Å². The van der Waals surface area contributed by atoms with Crippen molar-refractivity contribution in [3.05, 3.63) is 36.4 Å². The number of rotatable bonds is 3. The molecule has 1 aromatic heterocycles. The molecule has 1 heterocycles. The molecule has 2 rings (SSSR count). The molecule has 0 aliphatic carbocycles. The van der Waals surface area contributed by atoms with Crippen molar-refractivity contribution >= 4 is 5.69 Å². The fraction of sp³-hybridized carbons (Fsp3) is 0.308. The topological polar surface area (TPSA) is 38.1 Å². The van der Waals surface area contributed by atoms with Crippen molar-refractivity contribution in [1.82, 2.24) is 4.98 Å². The number of benzene rings is 1. The molecule has 1 aromatic carbocycles. The van der Waals surface area contributed by atoms with E-state index in [-0.39, 0.29) is 0 Å². The third-order valence-corrected chi connectivity index (χ3v) is 2.26. The molecule has 0 spiro atoms. The average molecular weight is 216 g/mol. The molecule has 0 saturated carbocycles. The van der Waals surface area contributed by atoms with Gasteiger partial charge in [-0.05, 0) is 26.0 Å². The van der Waals surface area contributed by atoms with Gasteiger partial charge in [-0.3, -0.25) is 0 Å². The number of hydrogen-bond acceptors (Lipinski definition) is 3. The van der Waals surface area contributed by atoms with Gasteiger partial charge < -0.3 is 9.73 Å². The van der Waals surface area contributed by atoms with Crippen LogP contribution >= 0.6 is 0 Å². The summed E-state index contributed by atoms with van der Waals surface area (Å²) in [6.07, 6.45) is 1.68. The lowest BCUT2D eigenvalue weighted by molar-refractivity contribution is 0.521. The second-order valence-corrected chi connectivity index (χ2v) is 4.13. The minimum Gasteiger partial charge on any atom is -0.449 e. The van der Waals surface area contributed by atoms with Crippen molar-refractivity contribution in [2.75, 3.05) is 5.32 Å². The van der Waals surface area contributed by atoms with Gasteiger partial charge in [0, 0.05) is 24.2 Å². The molecule has 0 aliphatic rings. The second-order valence-electron chi connectivity index (χ2n) is 4.13. The molecule has 16 heavy (non-hydrogen) atoms. The maximum absolute atomic E-state index is 5.19. The molecular weight excluding hydrogens is 200 g/mol. The van der Waals surface area contributed by atoms with Crippen LogP contribution in [0.3, 0.4) is 0 Å². The standard InChI is InChI=1S/C13H16N2O/c1-9(2)14-12-6-4-11(5-7-12)13-8-16-10(3)15-13/h4-9,14H,1-3H3. The predicted octanol–water partition coefficient (Wildman–Crippen LogP) is 3.47. The normalized spacial score (nSPS) is 10.8. The Bertz CT molecular complexity index is 457. The van der Waals surface area contributed by atoms with Crippen molar-refractivity contribution in [2.45, 2.75) is 26.8 Å². The van der Waals surface area contributed by atoms with E-state index in [1.807, 2.05) is 19.1 Å². The lowest BCUT2D eigenvalue weighted by atomic mass is 10.1. The van der Waals surface area contributed by atoms with Crippen LogP contribution in [0.25, 0.3) is 11.3 Å². The summed E-state index contributed by atoms with van der Waals surface area (Å²) in [6.45, 7) is 6.09. The summed E-state index contributed by atoms with van der Waals surface area (Å²) in [5.74, 6) is 0.694. The maximum atomic E-state index is 5.19. The van der Waals surface area contributed by atoms with E-state index >= 15 is 0 Å². The predicted molar refractivity (Wildman–Crippen MR) is 65.4 cm³/mol. The lowest BCUT2D eigenvalue weighted by Crippen LogP contribution is -2.09. The van der Waals surface area contributed by atoms with E-state index in [9.17, 15) is 0 Å². The number of anilines is 1. The Morgan fingerprint density at radius 3 is 2.38 bits per heavy atom. The monoisotopic (exact) mass is 216 g/mol. The van der Waals surface area contributed by atoms with Crippen molar-refractivity contribution in [3.8, 4) is 11.3 Å². The molecular formula is C13H16N2O. The van der Waals surface area contributed by atoms with E-state index in [0.29, 0.717) is 11.9 Å². The Labute approximate surface area is 95.5 Å². The molecule has 0 radical (unpaired) electrons. The molecule has 0 saturated heterocycles. The number of hydrogen-bond donors (Lipinski definition) is 1. The van der Waals surface area contributed by atoms with Gasteiger partial charge in [-0.2, -0.15) is 0 Å². The molecule has 3 nitrogen and oxygen atoms in total. The molecule has 0 atom stereocenters. The average Bonchev–Trinajstić information content (AvgIpc) is 2.65. The summed E-state index contributed by atoms with van der Waals surface area (Å²) in [7, 11) is 0. The number of oxazole rings is 1. The Kier molecular flexibility index (Phi) is 2.95. The number of aromatic nitrogens is 1. The summed E-state index contributed by atoms with van der Waals surface area (Å²) in [5, 5.41) is 3.34. The van der Waals surface area contributed by atoms with Gasteiger partial charge in [0.05, 0.1) is 0 Å². The first-order valence-electron chi connectivity index (χ1n) is 5.44. The Morgan fingerprint density at radius 2 is 1.88 bits per heavy atom. The second kappa shape index (κ2) is 4.39. The van der Waals surface area contributed by atoms with Crippen LogP contribution in [0.4, 0.5) is 5.69 Å². The highest BCUT2D eigenvalue weighted by atomic mass is 16.3. The molecule has 0 fully saturated rings. The van der Waals surface area contributed by atoms with Crippen LogP contribution in [0.2, 0.25) is 0 Å². The van der Waals surface area contributed by atoms with Gasteiger partial charge in [0.25, 0.3) is 0 Å². The van der Waals surface area contributed by atoms with Crippen LogP contribution in [0, 0.1) is 6.92 Å². The van der Waals surface area contributed by atoms with Crippen molar-refractivity contribution in [2.24, 2.45) is 0 Å². The Morgan fingerprint density at radius 1 is 1.19 bits per heavy atom. The van der Waals surface area contributed by atoms with E-state index in [1.165, 1.54) is 0 Å². The van der Waals surface area contributed by atoms with E-state index in [1.54, 1.807) is 6.26 Å². The van der Waals surface area contributed by atoms with Crippen LogP contribution < -0.4 is 5.32 Å². The minimum absolute atomic E-state index is 0.445. The molecule has 2 aromatic rings. The smallest absolute Gasteiger partial charge is 0.191 e. The quantitative estimate of drug-likeness (QED) is 0.853. The zero-order valence-electron chi connectivity index (χ0n) is 9.82. The van der Waals surface area contributed by atoms with Crippen molar-refractivity contribution in [3.63, 3.8) is 0 Å². The first-order valence-corrected chi connectivity index (χ1v) is 5.44. The Hall–Kier alpha value is -1.77. The molecule has 0 unspecified atom stereocenters. The highest BCUT2D eigenvalue weighted by Crippen LogP contribution is 2.20. The number of nitrogens with zero attached hydrogens (tertiary/aromatic N) is 1.